The number of fused-ring (bicyclic) bond motifs is 1. The van der Waals surface area contributed by atoms with Gasteiger partial charge in [-0.25, -0.2) is 0 Å². The van der Waals surface area contributed by atoms with Crippen LogP contribution >= 0.6 is 11.3 Å². The van der Waals surface area contributed by atoms with Gasteiger partial charge < -0.3 is 4.74 Å². The van der Waals surface area contributed by atoms with Gasteiger partial charge in [-0.15, -0.1) is 11.3 Å². The molecular weight excluding hydrogens is 202 g/mol. The Kier molecular flexibility index (Phi) is 2.09. The molecule has 0 aliphatic carbocycles. The maximum Gasteiger partial charge on any atom is 0.273 e. The number of benzene rings is 1. The molecule has 0 spiro atoms. The quantitative estimate of drug-likeness (QED) is 0.564. The van der Waals surface area contributed by atoms with Crippen molar-refractivity contribution >= 4 is 27.1 Å². The lowest BCUT2D eigenvalue weighted by atomic mass is 10.2. The monoisotopic (exact) mass is 209 g/mol. The number of hydrogen-bond donors (Lipinski definition) is 0. The third-order valence-electron chi connectivity index (χ3n) is 1.93. The maximum atomic E-state index is 10.6. The predicted octanol–water partition coefficient (Wildman–Crippen LogP) is 2.82. The number of ether oxygens (including phenoxy) is 1. The van der Waals surface area contributed by atoms with Crippen molar-refractivity contribution in [3.63, 3.8) is 0 Å². The van der Waals surface area contributed by atoms with E-state index in [2.05, 4.69) is 0 Å². The largest absolute Gasteiger partial charge is 0.495 e. The van der Waals surface area contributed by atoms with E-state index in [0.29, 0.717) is 5.75 Å². The molecule has 0 saturated heterocycles. The minimum Gasteiger partial charge on any atom is -0.495 e. The average molecular weight is 209 g/mol. The summed E-state index contributed by atoms with van der Waals surface area (Å²) in [5, 5.41) is 13.3. The van der Waals surface area contributed by atoms with E-state index in [4.69, 9.17) is 4.74 Å². The lowest BCUT2D eigenvalue weighted by molar-refractivity contribution is -0.384. The maximum absolute atomic E-state index is 10.6. The Hall–Kier alpha value is -1.62. The molecule has 0 N–H and O–H groups in total. The molecule has 0 radical (unpaired) electrons. The van der Waals surface area contributed by atoms with Gasteiger partial charge >= 0.3 is 0 Å². The Morgan fingerprint density at radius 3 is 2.93 bits per heavy atom. The summed E-state index contributed by atoms with van der Waals surface area (Å²) in [6.45, 7) is 0. The van der Waals surface area contributed by atoms with Crippen molar-refractivity contribution in [3.05, 3.63) is 33.7 Å². The second kappa shape index (κ2) is 3.26. The zero-order valence-corrected chi connectivity index (χ0v) is 8.21. The van der Waals surface area contributed by atoms with Crippen LogP contribution in [-0.2, 0) is 0 Å². The van der Waals surface area contributed by atoms with Gasteiger partial charge in [0.2, 0.25) is 0 Å². The summed E-state index contributed by atoms with van der Waals surface area (Å²) < 4.78 is 6.03. The minimum atomic E-state index is -0.417. The van der Waals surface area contributed by atoms with E-state index < -0.39 is 4.92 Å². The Balaban J connectivity index is 2.73. The Labute approximate surface area is 83.9 Å². The van der Waals surface area contributed by atoms with Gasteiger partial charge in [0.1, 0.15) is 5.75 Å². The van der Waals surface area contributed by atoms with Crippen molar-refractivity contribution in [2.75, 3.05) is 7.11 Å². The zero-order chi connectivity index (χ0) is 10.1. The van der Waals surface area contributed by atoms with Crippen LogP contribution in [0.15, 0.2) is 23.6 Å². The highest BCUT2D eigenvalue weighted by atomic mass is 32.1. The third kappa shape index (κ3) is 1.31. The van der Waals surface area contributed by atoms with Crippen molar-refractivity contribution < 1.29 is 9.66 Å². The molecule has 0 fully saturated rings. The van der Waals surface area contributed by atoms with Crippen LogP contribution in [0.3, 0.4) is 0 Å². The number of methoxy groups -OCH3 is 1. The summed E-state index contributed by atoms with van der Waals surface area (Å²) in [7, 11) is 1.51. The van der Waals surface area contributed by atoms with Crippen LogP contribution in [0.1, 0.15) is 0 Å². The fourth-order valence-corrected chi connectivity index (χ4v) is 2.16. The Morgan fingerprint density at radius 2 is 2.29 bits per heavy atom. The number of thiophene rings is 1. The molecule has 0 atom stereocenters. The molecular formula is C9H7NO3S. The van der Waals surface area contributed by atoms with Gasteiger partial charge in [-0.2, -0.15) is 0 Å². The van der Waals surface area contributed by atoms with Crippen LogP contribution < -0.4 is 4.74 Å². The van der Waals surface area contributed by atoms with E-state index in [9.17, 15) is 10.1 Å². The second-order valence-corrected chi connectivity index (χ2v) is 3.66. The molecule has 0 aliphatic heterocycles. The molecule has 1 heterocycles. The van der Waals surface area contributed by atoms with Gasteiger partial charge in [-0.05, 0) is 11.4 Å². The molecule has 0 amide bonds. The summed E-state index contributed by atoms with van der Waals surface area (Å²) in [4.78, 5) is 10.2. The molecule has 2 aromatic rings. The van der Waals surface area contributed by atoms with Crippen molar-refractivity contribution in [1.29, 1.82) is 0 Å². The molecule has 2 rings (SSSR count). The molecule has 14 heavy (non-hydrogen) atoms. The lowest BCUT2D eigenvalue weighted by Crippen LogP contribution is -1.89. The summed E-state index contributed by atoms with van der Waals surface area (Å²) in [6.07, 6.45) is 0. The smallest absolute Gasteiger partial charge is 0.273 e. The molecule has 1 aromatic heterocycles. The van der Waals surface area contributed by atoms with Crippen LogP contribution in [0.25, 0.3) is 10.1 Å². The molecule has 5 heteroatoms. The van der Waals surface area contributed by atoms with Crippen LogP contribution in [0, 0.1) is 10.1 Å². The van der Waals surface area contributed by atoms with Gasteiger partial charge in [0, 0.05) is 11.5 Å². The van der Waals surface area contributed by atoms with E-state index in [-0.39, 0.29) is 5.69 Å². The molecule has 4 nitrogen and oxygen atoms in total. The van der Waals surface area contributed by atoms with Crippen LogP contribution in [0.5, 0.6) is 5.75 Å². The number of rotatable bonds is 2. The van der Waals surface area contributed by atoms with Gasteiger partial charge in [0.05, 0.1) is 22.8 Å². The van der Waals surface area contributed by atoms with Crippen LogP contribution in [-0.4, -0.2) is 12.0 Å². The Morgan fingerprint density at radius 1 is 1.50 bits per heavy atom. The Bertz CT molecular complexity index is 492. The number of non-ortho nitro benzene ring substituents is 1. The summed E-state index contributed by atoms with van der Waals surface area (Å²) in [6, 6.07) is 4.84. The standard InChI is InChI=1S/C9H7NO3S/c1-13-8-5-7(10(11)12)4-6-2-3-14-9(6)8/h2-5H,1H3. The lowest BCUT2D eigenvalue weighted by Gasteiger charge is -2.00. The first-order valence-corrected chi connectivity index (χ1v) is 4.80. The molecule has 1 aromatic carbocycles. The second-order valence-electron chi connectivity index (χ2n) is 2.74. The van der Waals surface area contributed by atoms with E-state index in [1.165, 1.54) is 24.5 Å². The normalized spacial score (nSPS) is 10.4. The van der Waals surface area contributed by atoms with E-state index in [1.807, 2.05) is 11.4 Å². The van der Waals surface area contributed by atoms with Crippen molar-refractivity contribution in [3.8, 4) is 5.75 Å². The summed E-state index contributed by atoms with van der Waals surface area (Å²) in [5.74, 6) is 0.559. The van der Waals surface area contributed by atoms with E-state index >= 15 is 0 Å². The van der Waals surface area contributed by atoms with Gasteiger partial charge in [0.25, 0.3) is 5.69 Å². The van der Waals surface area contributed by atoms with Crippen molar-refractivity contribution in [2.24, 2.45) is 0 Å². The predicted molar refractivity (Wildman–Crippen MR) is 55.0 cm³/mol. The van der Waals surface area contributed by atoms with Crippen LogP contribution in [0.4, 0.5) is 5.69 Å². The zero-order valence-electron chi connectivity index (χ0n) is 7.39. The fourth-order valence-electron chi connectivity index (χ4n) is 1.29. The molecule has 0 unspecified atom stereocenters. The first-order chi connectivity index (χ1) is 6.72. The molecule has 0 aliphatic rings. The number of nitro groups is 1. The first-order valence-electron chi connectivity index (χ1n) is 3.92. The number of nitrogens with zero attached hydrogens (tertiary/aromatic N) is 1. The van der Waals surface area contributed by atoms with Crippen molar-refractivity contribution in [1.82, 2.24) is 0 Å². The SMILES string of the molecule is COc1cc([N+](=O)[O-])cc2ccsc12. The highest BCUT2D eigenvalue weighted by Gasteiger charge is 2.12. The first kappa shape index (κ1) is 8.96. The minimum absolute atomic E-state index is 0.0627. The van der Waals surface area contributed by atoms with E-state index in [1.54, 1.807) is 6.07 Å². The third-order valence-corrected chi connectivity index (χ3v) is 2.88. The molecule has 0 saturated carbocycles. The highest BCUT2D eigenvalue weighted by molar-refractivity contribution is 7.17. The molecule has 72 valence electrons. The average Bonchev–Trinajstić information content (AvgIpc) is 2.63. The van der Waals surface area contributed by atoms with E-state index in [0.717, 1.165) is 10.1 Å². The fraction of sp³-hybridized carbons (Fsp3) is 0.111. The highest BCUT2D eigenvalue weighted by Crippen LogP contribution is 2.34. The van der Waals surface area contributed by atoms with Gasteiger partial charge in [0.15, 0.2) is 0 Å². The van der Waals surface area contributed by atoms with Crippen molar-refractivity contribution in [2.45, 2.75) is 0 Å². The summed E-state index contributed by atoms with van der Waals surface area (Å²) >= 11 is 1.51. The number of hydrogen-bond acceptors (Lipinski definition) is 4. The summed E-state index contributed by atoms with van der Waals surface area (Å²) in [5.41, 5.74) is 0.0627. The molecule has 0 bridgehead atoms. The van der Waals surface area contributed by atoms with Gasteiger partial charge in [-0.3, -0.25) is 10.1 Å². The topological polar surface area (TPSA) is 52.4 Å². The van der Waals surface area contributed by atoms with Gasteiger partial charge in [-0.1, -0.05) is 0 Å². The number of nitro benzene ring substituents is 1. The van der Waals surface area contributed by atoms with Crippen LogP contribution in [0.2, 0.25) is 0 Å².